The molecule has 0 aromatic heterocycles. The maximum atomic E-state index is 5.77. The maximum absolute atomic E-state index is 5.77. The van der Waals surface area contributed by atoms with Gasteiger partial charge in [-0.15, -0.1) is 0 Å². The molecule has 2 rings (SSSR count). The first-order chi connectivity index (χ1) is 8.79. The number of nitrogens with one attached hydrogen (secondary N) is 1. The summed E-state index contributed by atoms with van der Waals surface area (Å²) in [7, 11) is 1.71. The van der Waals surface area contributed by atoms with Crippen LogP contribution in [0.4, 0.5) is 0 Å². The summed E-state index contributed by atoms with van der Waals surface area (Å²) in [5.74, 6) is 1.73. The Morgan fingerprint density at radius 2 is 2.22 bits per heavy atom. The molecule has 0 spiro atoms. The number of rotatable bonds is 8. The van der Waals surface area contributed by atoms with Crippen molar-refractivity contribution in [3.8, 4) is 5.75 Å². The van der Waals surface area contributed by atoms with E-state index in [1.54, 1.807) is 7.11 Å². The first-order valence-electron chi connectivity index (χ1n) is 6.40. The van der Waals surface area contributed by atoms with E-state index in [9.17, 15) is 0 Å². The van der Waals surface area contributed by atoms with Crippen LogP contribution < -0.4 is 10.1 Å². The molecule has 0 radical (unpaired) electrons. The fourth-order valence-electron chi connectivity index (χ4n) is 1.67. The molecule has 1 aliphatic rings. The molecule has 1 aromatic carbocycles. The lowest BCUT2D eigenvalue weighted by Gasteiger charge is -2.10. The first-order valence-corrected chi connectivity index (χ1v) is 7.20. The van der Waals surface area contributed by atoms with Gasteiger partial charge in [0.15, 0.2) is 0 Å². The van der Waals surface area contributed by atoms with Gasteiger partial charge in [0.1, 0.15) is 5.75 Å². The highest BCUT2D eigenvalue weighted by Crippen LogP contribution is 2.32. The minimum Gasteiger partial charge on any atom is -0.492 e. The van der Waals surface area contributed by atoms with E-state index in [2.05, 4.69) is 33.4 Å². The van der Waals surface area contributed by atoms with E-state index in [1.165, 1.54) is 18.4 Å². The average Bonchev–Trinajstić information content (AvgIpc) is 3.18. The number of halogens is 1. The quantitative estimate of drug-likeness (QED) is 0.748. The lowest BCUT2D eigenvalue weighted by molar-refractivity contribution is 0.199. The third-order valence-corrected chi connectivity index (χ3v) is 3.60. The summed E-state index contributed by atoms with van der Waals surface area (Å²) < 4.78 is 11.8. The van der Waals surface area contributed by atoms with Gasteiger partial charge in [-0.05, 0) is 52.4 Å². The summed E-state index contributed by atoms with van der Waals surface area (Å²) in [5.41, 5.74) is 1.25. The van der Waals surface area contributed by atoms with Gasteiger partial charge in [0.2, 0.25) is 0 Å². The molecule has 4 heteroatoms. The second-order valence-corrected chi connectivity index (χ2v) is 5.54. The van der Waals surface area contributed by atoms with Crippen molar-refractivity contribution in [1.29, 1.82) is 0 Å². The monoisotopic (exact) mass is 313 g/mol. The van der Waals surface area contributed by atoms with Gasteiger partial charge in [-0.3, -0.25) is 0 Å². The van der Waals surface area contributed by atoms with Crippen LogP contribution in [0, 0.1) is 5.92 Å². The molecule has 0 heterocycles. The molecule has 1 fully saturated rings. The SMILES string of the molecule is COCCNCc1ccc(OCC2CC2)c(Br)c1. The van der Waals surface area contributed by atoms with Gasteiger partial charge < -0.3 is 14.8 Å². The van der Waals surface area contributed by atoms with E-state index in [1.807, 2.05) is 6.07 Å². The Hall–Kier alpha value is -0.580. The minimum atomic E-state index is 0.740. The molecule has 0 unspecified atom stereocenters. The minimum absolute atomic E-state index is 0.740. The van der Waals surface area contributed by atoms with Crippen molar-refractivity contribution in [1.82, 2.24) is 5.32 Å². The Kier molecular flexibility index (Phi) is 5.47. The molecule has 0 aliphatic heterocycles. The standard InChI is InChI=1S/C14H20BrNO2/c1-17-7-6-16-9-12-4-5-14(13(15)8-12)18-10-11-2-3-11/h4-5,8,11,16H,2-3,6-7,9-10H2,1H3. The fourth-order valence-corrected chi connectivity index (χ4v) is 2.21. The number of ether oxygens (including phenoxy) is 2. The second-order valence-electron chi connectivity index (χ2n) is 4.69. The van der Waals surface area contributed by atoms with Gasteiger partial charge in [0.05, 0.1) is 17.7 Å². The lowest BCUT2D eigenvalue weighted by Crippen LogP contribution is -2.18. The Morgan fingerprint density at radius 3 is 2.89 bits per heavy atom. The summed E-state index contributed by atoms with van der Waals surface area (Å²) >= 11 is 3.56. The fraction of sp³-hybridized carbons (Fsp3) is 0.571. The van der Waals surface area contributed by atoms with E-state index in [0.29, 0.717) is 0 Å². The van der Waals surface area contributed by atoms with Crippen molar-refractivity contribution in [3.63, 3.8) is 0 Å². The topological polar surface area (TPSA) is 30.5 Å². The highest BCUT2D eigenvalue weighted by molar-refractivity contribution is 9.10. The Morgan fingerprint density at radius 1 is 1.39 bits per heavy atom. The third kappa shape index (κ3) is 4.59. The van der Waals surface area contributed by atoms with Crippen LogP contribution in [0.2, 0.25) is 0 Å². The summed E-state index contributed by atoms with van der Waals surface area (Å²) in [5, 5.41) is 3.32. The highest BCUT2D eigenvalue weighted by Gasteiger charge is 2.22. The van der Waals surface area contributed by atoms with E-state index in [4.69, 9.17) is 9.47 Å². The number of methoxy groups -OCH3 is 1. The summed E-state index contributed by atoms with van der Waals surface area (Å²) in [6, 6.07) is 6.26. The molecule has 18 heavy (non-hydrogen) atoms. The van der Waals surface area contributed by atoms with Gasteiger partial charge in [-0.1, -0.05) is 6.07 Å². The molecule has 0 atom stereocenters. The zero-order valence-corrected chi connectivity index (χ0v) is 12.3. The van der Waals surface area contributed by atoms with Crippen molar-refractivity contribution >= 4 is 15.9 Å². The van der Waals surface area contributed by atoms with Gasteiger partial charge in [0.25, 0.3) is 0 Å². The predicted molar refractivity (Wildman–Crippen MR) is 75.9 cm³/mol. The Balaban J connectivity index is 1.79. The van der Waals surface area contributed by atoms with Crippen molar-refractivity contribution in [2.24, 2.45) is 5.92 Å². The van der Waals surface area contributed by atoms with Crippen LogP contribution in [0.25, 0.3) is 0 Å². The zero-order valence-electron chi connectivity index (χ0n) is 10.7. The van der Waals surface area contributed by atoms with Crippen LogP contribution in [0.1, 0.15) is 18.4 Å². The molecule has 1 saturated carbocycles. The third-order valence-electron chi connectivity index (χ3n) is 2.98. The molecule has 3 nitrogen and oxygen atoms in total. The summed E-state index contributed by atoms with van der Waals surface area (Å²) in [6.07, 6.45) is 2.64. The van der Waals surface area contributed by atoms with Crippen LogP contribution in [-0.4, -0.2) is 26.9 Å². The lowest BCUT2D eigenvalue weighted by atomic mass is 10.2. The number of hydrogen-bond donors (Lipinski definition) is 1. The van der Waals surface area contributed by atoms with E-state index in [-0.39, 0.29) is 0 Å². The van der Waals surface area contributed by atoms with Crippen LogP contribution in [-0.2, 0) is 11.3 Å². The van der Waals surface area contributed by atoms with Crippen LogP contribution >= 0.6 is 15.9 Å². The van der Waals surface area contributed by atoms with Crippen LogP contribution in [0.15, 0.2) is 22.7 Å². The Bertz CT molecular complexity index is 380. The smallest absolute Gasteiger partial charge is 0.133 e. The predicted octanol–water partition coefficient (Wildman–Crippen LogP) is 2.97. The largest absolute Gasteiger partial charge is 0.492 e. The van der Waals surface area contributed by atoms with Gasteiger partial charge in [-0.25, -0.2) is 0 Å². The van der Waals surface area contributed by atoms with Gasteiger partial charge in [-0.2, -0.15) is 0 Å². The summed E-state index contributed by atoms with van der Waals surface area (Å²) in [6.45, 7) is 3.31. The molecular formula is C14H20BrNO2. The molecular weight excluding hydrogens is 294 g/mol. The van der Waals surface area contributed by atoms with Gasteiger partial charge in [0, 0.05) is 20.2 Å². The second kappa shape index (κ2) is 7.12. The van der Waals surface area contributed by atoms with E-state index >= 15 is 0 Å². The average molecular weight is 314 g/mol. The van der Waals surface area contributed by atoms with Crippen molar-refractivity contribution in [2.75, 3.05) is 26.9 Å². The van der Waals surface area contributed by atoms with Crippen LogP contribution in [0.5, 0.6) is 5.75 Å². The highest BCUT2D eigenvalue weighted by atomic mass is 79.9. The van der Waals surface area contributed by atoms with Crippen LogP contribution in [0.3, 0.4) is 0 Å². The number of benzene rings is 1. The number of hydrogen-bond acceptors (Lipinski definition) is 3. The Labute approximate surface area is 117 Å². The van der Waals surface area contributed by atoms with Gasteiger partial charge >= 0.3 is 0 Å². The van der Waals surface area contributed by atoms with Crippen molar-refractivity contribution in [2.45, 2.75) is 19.4 Å². The van der Waals surface area contributed by atoms with E-state index in [0.717, 1.165) is 42.4 Å². The van der Waals surface area contributed by atoms with Crippen molar-refractivity contribution < 1.29 is 9.47 Å². The normalized spacial score (nSPS) is 14.8. The molecule has 0 saturated heterocycles. The van der Waals surface area contributed by atoms with Crippen molar-refractivity contribution in [3.05, 3.63) is 28.2 Å². The first kappa shape index (κ1) is 13.8. The summed E-state index contributed by atoms with van der Waals surface area (Å²) in [4.78, 5) is 0. The molecule has 1 aliphatic carbocycles. The van der Waals surface area contributed by atoms with E-state index < -0.39 is 0 Å². The molecule has 0 amide bonds. The molecule has 1 N–H and O–H groups in total. The molecule has 1 aromatic rings. The molecule has 0 bridgehead atoms. The maximum Gasteiger partial charge on any atom is 0.133 e. The molecule has 100 valence electrons. The zero-order chi connectivity index (χ0) is 12.8.